The molecule has 39 heavy (non-hydrogen) atoms. The molecule has 4 rings (SSSR count). The Bertz CT molecular complexity index is 1230. The molecule has 3 aromatic carbocycles. The fourth-order valence-corrected chi connectivity index (χ4v) is 7.15. The Labute approximate surface area is 238 Å². The summed E-state index contributed by atoms with van der Waals surface area (Å²) < 4.78 is 8.35. The van der Waals surface area contributed by atoms with Crippen molar-refractivity contribution >= 4 is 37.8 Å². The van der Waals surface area contributed by atoms with Crippen molar-refractivity contribution < 1.29 is 19.4 Å². The zero-order valence-electron chi connectivity index (χ0n) is 22.7. The van der Waals surface area contributed by atoms with Gasteiger partial charge in [0.25, 0.3) is 0 Å². The number of anilines is 1. The molecule has 1 fully saturated rings. The number of amides is 2. The van der Waals surface area contributed by atoms with E-state index in [1.165, 1.54) is 0 Å². The molecule has 0 aromatic heterocycles. The number of aliphatic hydroxyl groups excluding tert-OH is 1. The summed E-state index contributed by atoms with van der Waals surface area (Å²) in [5, 5.41) is 15.1. The third-order valence-corrected chi connectivity index (χ3v) is 10.4. The van der Waals surface area contributed by atoms with E-state index in [1.54, 1.807) is 0 Å². The molecule has 1 aliphatic heterocycles. The number of nitrogens with zero attached hydrogens (tertiary/aromatic N) is 1. The van der Waals surface area contributed by atoms with Crippen molar-refractivity contribution in [2.45, 2.75) is 44.9 Å². The van der Waals surface area contributed by atoms with Crippen LogP contribution in [0, 0.1) is 0 Å². The predicted molar refractivity (Wildman–Crippen MR) is 165 cm³/mol. The van der Waals surface area contributed by atoms with E-state index >= 15 is 0 Å². The predicted octanol–water partition coefficient (Wildman–Crippen LogP) is 5.79. The summed E-state index contributed by atoms with van der Waals surface area (Å²) in [6.07, 6.45) is 2.29. The number of hydrogen-bond donors (Lipinski definition) is 3. The van der Waals surface area contributed by atoms with Crippen LogP contribution in [0.3, 0.4) is 0 Å². The van der Waals surface area contributed by atoms with Crippen molar-refractivity contribution in [3.63, 3.8) is 0 Å². The van der Waals surface area contributed by atoms with E-state index in [0.717, 1.165) is 53.7 Å². The van der Waals surface area contributed by atoms with E-state index in [0.29, 0.717) is 25.1 Å². The first-order chi connectivity index (χ1) is 18.9. The Hall–Kier alpha value is -2.95. The van der Waals surface area contributed by atoms with Gasteiger partial charge < -0.3 is 10.4 Å². The zero-order valence-corrected chi connectivity index (χ0v) is 24.8. The Morgan fingerprint density at radius 1 is 1.00 bits per heavy atom. The second-order valence-corrected chi connectivity index (χ2v) is 15.3. The van der Waals surface area contributed by atoms with Gasteiger partial charge in [0.15, 0.2) is 0 Å². The van der Waals surface area contributed by atoms with Gasteiger partial charge in [-0.05, 0) is 11.1 Å². The van der Waals surface area contributed by atoms with Gasteiger partial charge in [-0.15, -0.1) is 0 Å². The summed E-state index contributed by atoms with van der Waals surface area (Å²) in [4.78, 5) is 30.1. The van der Waals surface area contributed by atoms with E-state index < -0.39 is 26.2 Å². The maximum absolute atomic E-state index is 13.0. The van der Waals surface area contributed by atoms with Crippen LogP contribution >= 0.6 is 20.1 Å². The monoisotopic (exact) mass is 643 g/mol. The average Bonchev–Trinajstić information content (AvgIpc) is 2.96. The summed E-state index contributed by atoms with van der Waals surface area (Å²) in [7, 11) is 0. The van der Waals surface area contributed by atoms with Gasteiger partial charge >= 0.3 is 176 Å². The molecular formula is C31H38IN3O4. The van der Waals surface area contributed by atoms with Gasteiger partial charge in [-0.25, -0.2) is 0 Å². The molecule has 3 aromatic rings. The van der Waals surface area contributed by atoms with Crippen LogP contribution < -0.4 is 10.6 Å². The third-order valence-electron chi connectivity index (χ3n) is 6.82. The van der Waals surface area contributed by atoms with Gasteiger partial charge in [-0.2, -0.15) is 0 Å². The molecule has 3 N–H and O–H groups in total. The van der Waals surface area contributed by atoms with E-state index in [4.69, 9.17) is 4.74 Å². The summed E-state index contributed by atoms with van der Waals surface area (Å²) in [6.45, 7) is 2.36. The molecule has 7 nitrogen and oxygen atoms in total. The molecule has 0 spiro atoms. The number of carbonyl (C=O) groups excluding carboxylic acids is 2. The standard InChI is InChI=1S/C31H38IN3O4/c1-32(2)35-18-6-9-27(21-35)39-31(38)34-29-19-23(14-16-28(29)26-7-4-3-5-8-26)15-17-30(37)33-20-24-10-12-25(22-36)13-11-24/h3-5,7-8,10-14,16,19,27,36H,6,9,15,17-18,20-22H2,1-2H3,(H,33,37)(H,34,38). The minimum absolute atomic E-state index is 0.00314. The maximum atomic E-state index is 13.0. The van der Waals surface area contributed by atoms with E-state index in [-0.39, 0.29) is 18.6 Å². The summed E-state index contributed by atoms with van der Waals surface area (Å²) >= 11 is -1.10. The molecular weight excluding hydrogens is 605 g/mol. The molecule has 2 amide bonds. The molecule has 1 aliphatic rings. The third kappa shape index (κ3) is 8.78. The van der Waals surface area contributed by atoms with Gasteiger partial charge in [0.05, 0.1) is 6.61 Å². The van der Waals surface area contributed by atoms with Gasteiger partial charge in [0.2, 0.25) is 0 Å². The molecule has 1 heterocycles. The second kappa shape index (κ2) is 14.4. The number of alkyl halides is 2. The fourth-order valence-electron chi connectivity index (χ4n) is 4.62. The van der Waals surface area contributed by atoms with Crippen molar-refractivity contribution in [2.75, 3.05) is 28.3 Å². The number of nitrogens with one attached hydrogen (secondary N) is 2. The number of benzene rings is 3. The Morgan fingerprint density at radius 2 is 1.72 bits per heavy atom. The zero-order chi connectivity index (χ0) is 27.6. The first kappa shape index (κ1) is 29.0. The van der Waals surface area contributed by atoms with Crippen LogP contribution in [0.15, 0.2) is 72.8 Å². The number of hydrogen-bond acceptors (Lipinski definition) is 5. The van der Waals surface area contributed by atoms with Crippen LogP contribution in [0.5, 0.6) is 0 Å². The molecule has 0 bridgehead atoms. The number of ether oxygens (including phenoxy) is 1. The van der Waals surface area contributed by atoms with Crippen LogP contribution in [-0.2, 0) is 29.1 Å². The van der Waals surface area contributed by atoms with Crippen LogP contribution in [0.25, 0.3) is 11.1 Å². The average molecular weight is 644 g/mol. The summed E-state index contributed by atoms with van der Waals surface area (Å²) in [5.74, 6) is -0.0432. The molecule has 1 unspecified atom stereocenters. The molecule has 0 saturated carbocycles. The van der Waals surface area contributed by atoms with Gasteiger partial charge in [-0.3, -0.25) is 4.79 Å². The van der Waals surface area contributed by atoms with Crippen LogP contribution in [0.1, 0.15) is 36.0 Å². The molecule has 1 atom stereocenters. The van der Waals surface area contributed by atoms with Crippen molar-refractivity contribution in [1.29, 1.82) is 0 Å². The number of piperidine rings is 1. The quantitative estimate of drug-likeness (QED) is 0.148. The number of rotatable bonds is 10. The van der Waals surface area contributed by atoms with Crippen molar-refractivity contribution in [1.82, 2.24) is 8.43 Å². The topological polar surface area (TPSA) is 90.9 Å². The van der Waals surface area contributed by atoms with Crippen LogP contribution in [0.4, 0.5) is 10.5 Å². The number of halogens is 1. The van der Waals surface area contributed by atoms with Crippen LogP contribution in [0.2, 0.25) is 0 Å². The minimum atomic E-state index is -1.10. The van der Waals surface area contributed by atoms with Crippen LogP contribution in [-0.4, -0.2) is 49.3 Å². The van der Waals surface area contributed by atoms with Gasteiger partial charge in [0.1, 0.15) is 0 Å². The molecule has 8 heteroatoms. The van der Waals surface area contributed by atoms with Crippen molar-refractivity contribution in [3.8, 4) is 11.1 Å². The number of carbonyl (C=O) groups is 2. The molecule has 208 valence electrons. The fraction of sp³-hybridized carbons (Fsp3) is 0.355. The number of aliphatic hydroxyl groups is 1. The van der Waals surface area contributed by atoms with E-state index in [2.05, 4.69) is 23.6 Å². The van der Waals surface area contributed by atoms with Gasteiger partial charge in [-0.1, -0.05) is 24.3 Å². The molecule has 0 aliphatic carbocycles. The number of aryl methyl sites for hydroxylation is 1. The molecule has 0 radical (unpaired) electrons. The molecule has 1 saturated heterocycles. The van der Waals surface area contributed by atoms with Gasteiger partial charge in [0, 0.05) is 6.54 Å². The normalized spacial score (nSPS) is 15.9. The Balaban J connectivity index is 1.39. The Kier molecular flexibility index (Phi) is 10.8. The second-order valence-electron chi connectivity index (χ2n) is 9.88. The van der Waals surface area contributed by atoms with Crippen molar-refractivity contribution in [2.24, 2.45) is 0 Å². The summed E-state index contributed by atoms with van der Waals surface area (Å²) in [6, 6.07) is 23.4. The van der Waals surface area contributed by atoms with E-state index in [1.807, 2.05) is 72.8 Å². The first-order valence-electron chi connectivity index (χ1n) is 13.3. The summed E-state index contributed by atoms with van der Waals surface area (Å²) in [5.41, 5.74) is 5.38. The SMILES string of the molecule is CI(C)N1CCCC(OC(=O)Nc2cc(CCC(=O)NCc3ccc(CO)cc3)ccc2-c2ccccc2)C1. The first-order valence-corrected chi connectivity index (χ1v) is 18.6. The Morgan fingerprint density at radius 3 is 2.44 bits per heavy atom. The van der Waals surface area contributed by atoms with E-state index in [9.17, 15) is 14.7 Å². The van der Waals surface area contributed by atoms with Crippen molar-refractivity contribution in [3.05, 3.63) is 89.5 Å².